The van der Waals surface area contributed by atoms with Crippen LogP contribution in [0.5, 0.6) is 0 Å². The number of nitrogens with zero attached hydrogens (tertiary/aromatic N) is 1. The van der Waals surface area contributed by atoms with Crippen LogP contribution >= 0.6 is 27.3 Å². The smallest absolute Gasteiger partial charge is 0.275 e. The third-order valence-electron chi connectivity index (χ3n) is 3.58. The maximum absolute atomic E-state index is 12.3. The maximum Gasteiger partial charge on any atom is 0.275 e. The van der Waals surface area contributed by atoms with Crippen molar-refractivity contribution in [3.63, 3.8) is 0 Å². The highest BCUT2D eigenvalue weighted by molar-refractivity contribution is 9.10. The van der Waals surface area contributed by atoms with E-state index >= 15 is 0 Å². The van der Waals surface area contributed by atoms with Gasteiger partial charge in [0, 0.05) is 26.4 Å². The first-order chi connectivity index (χ1) is 11.7. The molecule has 24 heavy (non-hydrogen) atoms. The molecule has 0 saturated carbocycles. The van der Waals surface area contributed by atoms with Crippen molar-refractivity contribution < 1.29 is 4.79 Å². The predicted octanol–water partition coefficient (Wildman–Crippen LogP) is 5.31. The molecule has 0 aliphatic heterocycles. The van der Waals surface area contributed by atoms with Gasteiger partial charge in [-0.15, -0.1) is 11.3 Å². The fourth-order valence-corrected chi connectivity index (χ4v) is 3.62. The molecule has 1 amide bonds. The zero-order valence-electron chi connectivity index (χ0n) is 12.4. The highest BCUT2D eigenvalue weighted by atomic mass is 79.9. The van der Waals surface area contributed by atoms with Gasteiger partial charge >= 0.3 is 0 Å². The number of fused-ring (bicyclic) bond motifs is 1. The fourth-order valence-electron chi connectivity index (χ4n) is 2.45. The van der Waals surface area contributed by atoms with Gasteiger partial charge in [-0.3, -0.25) is 4.79 Å². The van der Waals surface area contributed by atoms with Gasteiger partial charge in [0.15, 0.2) is 0 Å². The Morgan fingerprint density at radius 2 is 2.00 bits per heavy atom. The van der Waals surface area contributed by atoms with Crippen molar-refractivity contribution >= 4 is 49.8 Å². The molecule has 0 radical (unpaired) electrons. The van der Waals surface area contributed by atoms with Gasteiger partial charge in [0.05, 0.1) is 5.69 Å². The van der Waals surface area contributed by atoms with Crippen molar-refractivity contribution in [1.82, 2.24) is 9.97 Å². The second kappa shape index (κ2) is 6.22. The van der Waals surface area contributed by atoms with Gasteiger partial charge in [-0.2, -0.15) is 0 Å². The van der Waals surface area contributed by atoms with E-state index < -0.39 is 0 Å². The molecule has 118 valence electrons. The number of halogens is 1. The average Bonchev–Trinajstić information content (AvgIpc) is 3.21. The summed E-state index contributed by atoms with van der Waals surface area (Å²) in [5, 5.41) is 6.55. The molecule has 2 aromatic carbocycles. The number of aromatic nitrogens is 2. The lowest BCUT2D eigenvalue weighted by molar-refractivity contribution is 0.102. The molecule has 4 nitrogen and oxygen atoms in total. The summed E-state index contributed by atoms with van der Waals surface area (Å²) in [7, 11) is 0. The van der Waals surface area contributed by atoms with Gasteiger partial charge in [-0.1, -0.05) is 40.2 Å². The Balaban J connectivity index is 1.58. The van der Waals surface area contributed by atoms with Crippen LogP contribution in [0.15, 0.2) is 64.5 Å². The number of hydrogen-bond acceptors (Lipinski definition) is 3. The molecule has 2 aromatic heterocycles. The molecule has 0 fully saturated rings. The number of para-hydroxylation sites is 1. The number of hydrogen-bond donors (Lipinski definition) is 2. The topological polar surface area (TPSA) is 57.8 Å². The summed E-state index contributed by atoms with van der Waals surface area (Å²) in [6.07, 6.45) is 0. The quantitative estimate of drug-likeness (QED) is 0.492. The number of rotatable bonds is 3. The summed E-state index contributed by atoms with van der Waals surface area (Å²) >= 11 is 4.84. The Labute approximate surface area is 150 Å². The summed E-state index contributed by atoms with van der Waals surface area (Å²) in [5.41, 5.74) is 3.12. The molecule has 2 heterocycles. The lowest BCUT2D eigenvalue weighted by atomic mass is 10.2. The first-order valence-corrected chi connectivity index (χ1v) is 8.97. The van der Waals surface area contributed by atoms with Crippen LogP contribution in [0.25, 0.3) is 21.6 Å². The lowest BCUT2D eigenvalue weighted by Crippen LogP contribution is -2.12. The minimum absolute atomic E-state index is 0.216. The van der Waals surface area contributed by atoms with E-state index in [-0.39, 0.29) is 5.91 Å². The first kappa shape index (κ1) is 15.1. The number of anilines is 1. The highest BCUT2D eigenvalue weighted by Crippen LogP contribution is 2.27. The number of nitrogens with one attached hydrogen (secondary N) is 2. The van der Waals surface area contributed by atoms with Gasteiger partial charge in [0.2, 0.25) is 0 Å². The Morgan fingerprint density at radius 3 is 2.83 bits per heavy atom. The standard InChI is InChI=1S/C18H12BrN3OS/c19-12-5-3-6-13(9-12)20-17(23)16-10-24-18(22-16)15-8-11-4-1-2-7-14(11)21-15/h1-10,21H,(H,20,23). The van der Waals surface area contributed by atoms with E-state index in [9.17, 15) is 4.79 Å². The van der Waals surface area contributed by atoms with Crippen LogP contribution in [0, 0.1) is 0 Å². The zero-order valence-corrected chi connectivity index (χ0v) is 14.8. The van der Waals surface area contributed by atoms with Crippen LogP contribution in [0.2, 0.25) is 0 Å². The fraction of sp³-hybridized carbons (Fsp3) is 0. The van der Waals surface area contributed by atoms with Crippen LogP contribution in [-0.4, -0.2) is 15.9 Å². The second-order valence-electron chi connectivity index (χ2n) is 5.27. The van der Waals surface area contributed by atoms with Crippen molar-refractivity contribution in [2.24, 2.45) is 0 Å². The molecule has 0 bridgehead atoms. The van der Waals surface area contributed by atoms with E-state index in [0.29, 0.717) is 5.69 Å². The molecule has 0 saturated heterocycles. The van der Waals surface area contributed by atoms with Crippen LogP contribution in [0.1, 0.15) is 10.5 Å². The van der Waals surface area contributed by atoms with Gasteiger partial charge in [-0.25, -0.2) is 4.98 Å². The molecule has 0 aliphatic carbocycles. The van der Waals surface area contributed by atoms with Crippen molar-refractivity contribution in [1.29, 1.82) is 0 Å². The van der Waals surface area contributed by atoms with Crippen LogP contribution in [-0.2, 0) is 0 Å². The maximum atomic E-state index is 12.3. The monoisotopic (exact) mass is 397 g/mol. The molecule has 0 spiro atoms. The van der Waals surface area contributed by atoms with Crippen molar-refractivity contribution in [3.05, 3.63) is 70.1 Å². The molecule has 6 heteroatoms. The lowest BCUT2D eigenvalue weighted by Gasteiger charge is -2.03. The second-order valence-corrected chi connectivity index (χ2v) is 7.05. The minimum atomic E-state index is -0.216. The van der Waals surface area contributed by atoms with E-state index in [0.717, 1.165) is 31.8 Å². The van der Waals surface area contributed by atoms with E-state index in [2.05, 4.69) is 31.2 Å². The Bertz CT molecular complexity index is 1000. The molecule has 4 aromatic rings. The SMILES string of the molecule is O=C(Nc1cccc(Br)c1)c1csc(-c2cc3ccccc3[nH]2)n1. The summed E-state index contributed by atoms with van der Waals surface area (Å²) in [4.78, 5) is 20.1. The molecular weight excluding hydrogens is 386 g/mol. The molecule has 0 atom stereocenters. The highest BCUT2D eigenvalue weighted by Gasteiger charge is 2.13. The predicted molar refractivity (Wildman–Crippen MR) is 102 cm³/mol. The summed E-state index contributed by atoms with van der Waals surface area (Å²) < 4.78 is 0.914. The first-order valence-electron chi connectivity index (χ1n) is 7.29. The molecular formula is C18H12BrN3OS. The van der Waals surface area contributed by atoms with Gasteiger partial charge in [0.1, 0.15) is 10.7 Å². The number of carbonyl (C=O) groups excluding carboxylic acids is 1. The van der Waals surface area contributed by atoms with Crippen molar-refractivity contribution in [3.8, 4) is 10.7 Å². The Hall–Kier alpha value is -2.44. The molecule has 2 N–H and O–H groups in total. The Morgan fingerprint density at radius 1 is 1.12 bits per heavy atom. The van der Waals surface area contributed by atoms with Crippen molar-refractivity contribution in [2.75, 3.05) is 5.32 Å². The van der Waals surface area contributed by atoms with E-state index in [4.69, 9.17) is 0 Å². The van der Waals surface area contributed by atoms with Crippen LogP contribution in [0.4, 0.5) is 5.69 Å². The van der Waals surface area contributed by atoms with Gasteiger partial charge < -0.3 is 10.3 Å². The van der Waals surface area contributed by atoms with Crippen LogP contribution < -0.4 is 5.32 Å². The summed E-state index contributed by atoms with van der Waals surface area (Å²) in [5.74, 6) is -0.216. The minimum Gasteiger partial charge on any atom is -0.353 e. The molecule has 0 unspecified atom stereocenters. The van der Waals surface area contributed by atoms with E-state index in [1.54, 1.807) is 5.38 Å². The normalized spacial score (nSPS) is 10.9. The summed E-state index contributed by atoms with van der Waals surface area (Å²) in [6, 6.07) is 17.6. The number of aromatic amines is 1. The largest absolute Gasteiger partial charge is 0.353 e. The third kappa shape index (κ3) is 2.98. The molecule has 4 rings (SSSR count). The number of benzene rings is 2. The van der Waals surface area contributed by atoms with E-state index in [1.165, 1.54) is 11.3 Å². The number of carbonyl (C=O) groups is 1. The summed E-state index contributed by atoms with van der Waals surface area (Å²) in [6.45, 7) is 0. The van der Waals surface area contributed by atoms with Crippen molar-refractivity contribution in [2.45, 2.75) is 0 Å². The molecule has 0 aliphatic rings. The number of H-pyrrole nitrogens is 1. The Kier molecular flexibility index (Phi) is 3.92. The average molecular weight is 398 g/mol. The number of amides is 1. The number of thiazole rings is 1. The zero-order chi connectivity index (χ0) is 16.5. The van der Waals surface area contributed by atoms with Crippen LogP contribution in [0.3, 0.4) is 0 Å². The van der Waals surface area contributed by atoms with E-state index in [1.807, 2.05) is 54.6 Å². The third-order valence-corrected chi connectivity index (χ3v) is 4.95. The van der Waals surface area contributed by atoms with Gasteiger partial charge in [0.25, 0.3) is 5.91 Å². The van der Waals surface area contributed by atoms with Gasteiger partial charge in [-0.05, 0) is 30.3 Å².